The van der Waals surface area contributed by atoms with Crippen LogP contribution in [0.5, 0.6) is 0 Å². The number of nitrogens with one attached hydrogen (secondary N) is 2. The molecule has 0 radical (unpaired) electrons. The maximum Gasteiger partial charge on any atom is 0.0962 e. The predicted molar refractivity (Wildman–Crippen MR) is 59.1 cm³/mol. The largest absolute Gasteiger partial charge is 0.364 e. The molecule has 1 aromatic rings. The van der Waals surface area contributed by atoms with Gasteiger partial charge in [-0.1, -0.05) is 32.9 Å². The fourth-order valence-corrected chi connectivity index (χ4v) is 1.35. The molecule has 13 heavy (non-hydrogen) atoms. The summed E-state index contributed by atoms with van der Waals surface area (Å²) in [5, 5.41) is 6.75. The van der Waals surface area contributed by atoms with Crippen molar-refractivity contribution in [2.24, 2.45) is 0 Å². The minimum Gasteiger partial charge on any atom is -0.364 e. The molecule has 0 fully saturated rings. The van der Waals surface area contributed by atoms with E-state index in [9.17, 15) is 0 Å². The molecule has 0 aliphatic carbocycles. The predicted octanol–water partition coefficient (Wildman–Crippen LogP) is 3.29. The van der Waals surface area contributed by atoms with Gasteiger partial charge in [-0.2, -0.15) is 0 Å². The van der Waals surface area contributed by atoms with Gasteiger partial charge in [0, 0.05) is 0 Å². The van der Waals surface area contributed by atoms with E-state index >= 15 is 0 Å². The van der Waals surface area contributed by atoms with Crippen LogP contribution >= 0.6 is 0 Å². The van der Waals surface area contributed by atoms with Gasteiger partial charge in [-0.25, -0.2) is 0 Å². The van der Waals surface area contributed by atoms with Gasteiger partial charge in [0.2, 0.25) is 0 Å². The van der Waals surface area contributed by atoms with Crippen LogP contribution in [0.2, 0.25) is 0 Å². The number of benzene rings is 1. The van der Waals surface area contributed by atoms with Crippen LogP contribution in [0.4, 0.5) is 11.4 Å². The molecule has 0 atom stereocenters. The Morgan fingerprint density at radius 2 is 1.54 bits per heavy atom. The van der Waals surface area contributed by atoms with Crippen molar-refractivity contribution in [2.75, 3.05) is 10.6 Å². The van der Waals surface area contributed by atoms with Gasteiger partial charge in [-0.3, -0.25) is 0 Å². The van der Waals surface area contributed by atoms with Crippen LogP contribution in [0.1, 0.15) is 27.2 Å². The van der Waals surface area contributed by atoms with Gasteiger partial charge in [-0.15, -0.1) is 0 Å². The molecule has 0 amide bonds. The number of hydrogen-bond acceptors (Lipinski definition) is 2. The van der Waals surface area contributed by atoms with Crippen LogP contribution in [-0.4, -0.2) is 6.17 Å². The average Bonchev–Trinajstić information content (AvgIpc) is 2.63. The molecule has 0 aromatic heterocycles. The van der Waals surface area contributed by atoms with Crippen molar-refractivity contribution in [1.82, 2.24) is 0 Å². The van der Waals surface area contributed by atoms with Gasteiger partial charge in [0.05, 0.1) is 17.5 Å². The Balaban J connectivity index is 0.000000396. The molecule has 2 rings (SSSR count). The van der Waals surface area contributed by atoms with E-state index in [0.717, 1.165) is 6.42 Å². The second-order valence-electron chi connectivity index (χ2n) is 2.80. The SMILES string of the molecule is CC.CCC1Nc2ccccc2N1. The Hall–Kier alpha value is -1.18. The second kappa shape index (κ2) is 4.75. The summed E-state index contributed by atoms with van der Waals surface area (Å²) in [5.41, 5.74) is 2.44. The number of hydrogen-bond donors (Lipinski definition) is 2. The first-order valence-electron chi connectivity index (χ1n) is 5.02. The summed E-state index contributed by atoms with van der Waals surface area (Å²) in [4.78, 5) is 0. The van der Waals surface area contributed by atoms with Crippen molar-refractivity contribution in [3.05, 3.63) is 24.3 Å². The third-order valence-corrected chi connectivity index (χ3v) is 1.99. The normalized spacial score (nSPS) is 13.5. The lowest BCUT2D eigenvalue weighted by atomic mass is 10.3. The quantitative estimate of drug-likeness (QED) is 0.689. The zero-order valence-corrected chi connectivity index (χ0v) is 8.59. The molecule has 0 spiro atoms. The Labute approximate surface area is 80.4 Å². The van der Waals surface area contributed by atoms with Gasteiger partial charge < -0.3 is 10.6 Å². The van der Waals surface area contributed by atoms with E-state index in [2.05, 4.69) is 29.7 Å². The first-order valence-corrected chi connectivity index (χ1v) is 5.02. The lowest BCUT2D eigenvalue weighted by Gasteiger charge is -2.07. The Bertz CT molecular complexity index is 233. The van der Waals surface area contributed by atoms with Crippen molar-refractivity contribution in [3.63, 3.8) is 0 Å². The van der Waals surface area contributed by atoms with E-state index < -0.39 is 0 Å². The zero-order valence-electron chi connectivity index (χ0n) is 8.59. The lowest BCUT2D eigenvalue weighted by Crippen LogP contribution is -2.20. The van der Waals surface area contributed by atoms with Crippen LogP contribution in [0.25, 0.3) is 0 Å². The molecule has 1 aliphatic rings. The van der Waals surface area contributed by atoms with E-state index in [1.54, 1.807) is 0 Å². The average molecular weight is 178 g/mol. The van der Waals surface area contributed by atoms with Crippen molar-refractivity contribution in [2.45, 2.75) is 33.4 Å². The molecular formula is C11H18N2. The maximum absolute atomic E-state index is 3.37. The molecule has 1 aliphatic heterocycles. The Morgan fingerprint density at radius 3 is 1.92 bits per heavy atom. The highest BCUT2D eigenvalue weighted by Gasteiger charge is 2.15. The fraction of sp³-hybridized carbons (Fsp3) is 0.455. The Morgan fingerprint density at radius 1 is 1.08 bits per heavy atom. The molecule has 72 valence electrons. The molecular weight excluding hydrogens is 160 g/mol. The number of rotatable bonds is 1. The van der Waals surface area contributed by atoms with Gasteiger partial charge >= 0.3 is 0 Å². The zero-order chi connectivity index (χ0) is 9.68. The second-order valence-corrected chi connectivity index (χ2v) is 2.80. The smallest absolute Gasteiger partial charge is 0.0962 e. The fourth-order valence-electron chi connectivity index (χ4n) is 1.35. The molecule has 2 heteroatoms. The molecule has 0 saturated carbocycles. The molecule has 1 aromatic carbocycles. The van der Waals surface area contributed by atoms with Crippen molar-refractivity contribution < 1.29 is 0 Å². The van der Waals surface area contributed by atoms with E-state index in [0.29, 0.717) is 6.17 Å². The highest BCUT2D eigenvalue weighted by molar-refractivity contribution is 5.73. The number of anilines is 2. The highest BCUT2D eigenvalue weighted by Crippen LogP contribution is 2.28. The summed E-state index contributed by atoms with van der Waals surface area (Å²) >= 11 is 0. The molecule has 0 saturated heterocycles. The summed E-state index contributed by atoms with van der Waals surface area (Å²) in [5.74, 6) is 0. The van der Waals surface area contributed by atoms with Gasteiger partial charge in [0.15, 0.2) is 0 Å². The van der Waals surface area contributed by atoms with Crippen molar-refractivity contribution >= 4 is 11.4 Å². The molecule has 2 N–H and O–H groups in total. The third-order valence-electron chi connectivity index (χ3n) is 1.99. The van der Waals surface area contributed by atoms with E-state index in [-0.39, 0.29) is 0 Å². The Kier molecular flexibility index (Phi) is 3.62. The van der Waals surface area contributed by atoms with E-state index in [4.69, 9.17) is 0 Å². The minimum atomic E-state index is 0.424. The summed E-state index contributed by atoms with van der Waals surface area (Å²) in [7, 11) is 0. The minimum absolute atomic E-state index is 0.424. The highest BCUT2D eigenvalue weighted by atomic mass is 15.2. The van der Waals surface area contributed by atoms with Crippen LogP contribution < -0.4 is 10.6 Å². The van der Waals surface area contributed by atoms with Crippen LogP contribution in [0.15, 0.2) is 24.3 Å². The van der Waals surface area contributed by atoms with Crippen molar-refractivity contribution in [1.29, 1.82) is 0 Å². The summed E-state index contributed by atoms with van der Waals surface area (Å²) in [6.07, 6.45) is 1.53. The molecule has 2 nitrogen and oxygen atoms in total. The van der Waals surface area contributed by atoms with Crippen LogP contribution in [0, 0.1) is 0 Å². The van der Waals surface area contributed by atoms with Gasteiger partial charge in [0.25, 0.3) is 0 Å². The standard InChI is InChI=1S/C9H12N2.C2H6/c1-2-9-10-7-5-3-4-6-8(7)11-9;1-2/h3-6,9-11H,2H2,1H3;1-2H3. The first kappa shape index (κ1) is 9.90. The van der Waals surface area contributed by atoms with E-state index in [1.807, 2.05) is 26.0 Å². The topological polar surface area (TPSA) is 24.1 Å². The number of para-hydroxylation sites is 2. The first-order chi connectivity index (χ1) is 6.40. The van der Waals surface area contributed by atoms with E-state index in [1.165, 1.54) is 11.4 Å². The molecule has 0 unspecified atom stereocenters. The molecule has 0 bridgehead atoms. The third kappa shape index (κ3) is 2.14. The van der Waals surface area contributed by atoms with Gasteiger partial charge in [-0.05, 0) is 18.6 Å². The maximum atomic E-state index is 3.37. The van der Waals surface area contributed by atoms with Crippen molar-refractivity contribution in [3.8, 4) is 0 Å². The lowest BCUT2D eigenvalue weighted by molar-refractivity contribution is 0.802. The summed E-state index contributed by atoms with van der Waals surface area (Å²) < 4.78 is 0. The van der Waals surface area contributed by atoms with Gasteiger partial charge in [0.1, 0.15) is 0 Å². The van der Waals surface area contributed by atoms with Crippen LogP contribution in [-0.2, 0) is 0 Å². The number of fused-ring (bicyclic) bond motifs is 1. The molecule has 1 heterocycles. The monoisotopic (exact) mass is 178 g/mol. The van der Waals surface area contributed by atoms with Crippen LogP contribution in [0.3, 0.4) is 0 Å². The summed E-state index contributed by atoms with van der Waals surface area (Å²) in [6, 6.07) is 8.28. The summed E-state index contributed by atoms with van der Waals surface area (Å²) in [6.45, 7) is 6.16.